The van der Waals surface area contributed by atoms with Gasteiger partial charge >= 0.3 is 0 Å². The van der Waals surface area contributed by atoms with Crippen molar-refractivity contribution in [3.63, 3.8) is 0 Å². The second kappa shape index (κ2) is 6.20. The molecule has 0 aromatic heterocycles. The van der Waals surface area contributed by atoms with Crippen molar-refractivity contribution in [2.75, 3.05) is 0 Å². The number of ether oxygens (including phenoxy) is 1. The summed E-state index contributed by atoms with van der Waals surface area (Å²) < 4.78 is 18.6. The summed E-state index contributed by atoms with van der Waals surface area (Å²) in [7, 11) is 0. The third kappa shape index (κ3) is 4.40. The number of hydrogen-bond donors (Lipinski definition) is 2. The Hall–Kier alpha value is -1.62. The zero-order valence-corrected chi connectivity index (χ0v) is 10.00. The van der Waals surface area contributed by atoms with Gasteiger partial charge in [-0.05, 0) is 31.9 Å². The minimum absolute atomic E-state index is 0.173. The van der Waals surface area contributed by atoms with E-state index < -0.39 is 0 Å². The maximum absolute atomic E-state index is 13.0. The molecular formula is C12H17FN2O2. The molecule has 0 saturated carbocycles. The van der Waals surface area contributed by atoms with Gasteiger partial charge in [0, 0.05) is 12.5 Å². The van der Waals surface area contributed by atoms with Crippen LogP contribution in [0.5, 0.6) is 5.75 Å². The average Bonchev–Trinajstić information content (AvgIpc) is 2.30. The van der Waals surface area contributed by atoms with Crippen LogP contribution in [0.4, 0.5) is 4.39 Å². The summed E-state index contributed by atoms with van der Waals surface area (Å²) in [4.78, 5) is 10.9. The van der Waals surface area contributed by atoms with E-state index in [0.717, 1.165) is 5.56 Å². The van der Waals surface area contributed by atoms with Crippen LogP contribution in [0.25, 0.3) is 0 Å². The number of nitrogens with one attached hydrogen (secondary N) is 1. The standard InChI is InChI=1S/C12H17FN2O2/c1-8-3-5-10(13)7-11(8)17-9(2)4-6-12(16)15-14/h3,5,7,9H,4,6,14H2,1-2H3,(H,15,16). The second-order valence-electron chi connectivity index (χ2n) is 3.94. The lowest BCUT2D eigenvalue weighted by molar-refractivity contribution is -0.121. The van der Waals surface area contributed by atoms with Crippen molar-refractivity contribution in [2.24, 2.45) is 5.84 Å². The first-order chi connectivity index (χ1) is 8.02. The summed E-state index contributed by atoms with van der Waals surface area (Å²) in [5.41, 5.74) is 2.91. The first kappa shape index (κ1) is 13.4. The number of hydrogen-bond acceptors (Lipinski definition) is 3. The van der Waals surface area contributed by atoms with Crippen LogP contribution in [0.15, 0.2) is 18.2 Å². The Balaban J connectivity index is 2.52. The molecule has 0 saturated heterocycles. The van der Waals surface area contributed by atoms with Crippen LogP contribution >= 0.6 is 0 Å². The Labute approximate surface area is 99.9 Å². The minimum atomic E-state index is -0.336. The number of nitrogens with two attached hydrogens (primary N) is 1. The quantitative estimate of drug-likeness (QED) is 0.467. The molecule has 5 heteroatoms. The lowest BCUT2D eigenvalue weighted by Gasteiger charge is -2.16. The maximum Gasteiger partial charge on any atom is 0.234 e. The molecule has 1 rings (SSSR count). The van der Waals surface area contributed by atoms with E-state index in [9.17, 15) is 9.18 Å². The third-order valence-corrected chi connectivity index (χ3v) is 2.42. The highest BCUT2D eigenvalue weighted by Gasteiger charge is 2.09. The normalized spacial score (nSPS) is 12.0. The van der Waals surface area contributed by atoms with Gasteiger partial charge in [0.05, 0.1) is 6.10 Å². The summed E-state index contributed by atoms with van der Waals surface area (Å²) in [6.07, 6.45) is 0.637. The topological polar surface area (TPSA) is 64.3 Å². The van der Waals surface area contributed by atoms with E-state index in [-0.39, 0.29) is 24.2 Å². The van der Waals surface area contributed by atoms with Gasteiger partial charge < -0.3 is 4.74 Å². The first-order valence-corrected chi connectivity index (χ1v) is 5.45. The fourth-order valence-electron chi connectivity index (χ4n) is 1.38. The molecule has 1 aromatic rings. The van der Waals surface area contributed by atoms with Gasteiger partial charge in [-0.2, -0.15) is 0 Å². The molecule has 94 valence electrons. The highest BCUT2D eigenvalue weighted by atomic mass is 19.1. The highest BCUT2D eigenvalue weighted by molar-refractivity contribution is 5.75. The molecule has 3 N–H and O–H groups in total. The molecule has 0 heterocycles. The first-order valence-electron chi connectivity index (χ1n) is 5.45. The van der Waals surface area contributed by atoms with Gasteiger partial charge in [-0.1, -0.05) is 6.07 Å². The summed E-state index contributed by atoms with van der Waals surface area (Å²) in [5, 5.41) is 0. The monoisotopic (exact) mass is 240 g/mol. The molecule has 17 heavy (non-hydrogen) atoms. The van der Waals surface area contributed by atoms with Gasteiger partial charge in [-0.3, -0.25) is 10.2 Å². The Morgan fingerprint density at radius 3 is 2.94 bits per heavy atom. The van der Waals surface area contributed by atoms with Crippen LogP contribution in [-0.4, -0.2) is 12.0 Å². The van der Waals surface area contributed by atoms with E-state index in [4.69, 9.17) is 10.6 Å². The molecular weight excluding hydrogens is 223 g/mol. The Bertz CT molecular complexity index is 396. The fraction of sp³-hybridized carbons (Fsp3) is 0.417. The lowest BCUT2D eigenvalue weighted by Crippen LogP contribution is -2.30. The number of halogens is 1. The van der Waals surface area contributed by atoms with Gasteiger partial charge in [0.25, 0.3) is 0 Å². The molecule has 0 bridgehead atoms. The average molecular weight is 240 g/mol. The van der Waals surface area contributed by atoms with Gasteiger partial charge in [0.2, 0.25) is 5.91 Å². The fourth-order valence-corrected chi connectivity index (χ4v) is 1.38. The van der Waals surface area contributed by atoms with Crippen molar-refractivity contribution < 1.29 is 13.9 Å². The van der Waals surface area contributed by atoms with E-state index in [2.05, 4.69) is 5.43 Å². The Kier molecular flexibility index (Phi) is 4.90. The summed E-state index contributed by atoms with van der Waals surface area (Å²) in [6.45, 7) is 3.67. The van der Waals surface area contributed by atoms with Crippen molar-refractivity contribution in [1.29, 1.82) is 0 Å². The largest absolute Gasteiger partial charge is 0.490 e. The van der Waals surface area contributed by atoms with E-state index in [1.807, 2.05) is 13.8 Å². The van der Waals surface area contributed by atoms with Crippen LogP contribution in [-0.2, 0) is 4.79 Å². The van der Waals surface area contributed by atoms with E-state index in [1.165, 1.54) is 12.1 Å². The van der Waals surface area contributed by atoms with Crippen LogP contribution in [0, 0.1) is 12.7 Å². The third-order valence-electron chi connectivity index (χ3n) is 2.42. The summed E-state index contributed by atoms with van der Waals surface area (Å²) >= 11 is 0. The zero-order chi connectivity index (χ0) is 12.8. The Morgan fingerprint density at radius 2 is 2.29 bits per heavy atom. The summed E-state index contributed by atoms with van der Waals surface area (Å²) in [6, 6.07) is 4.38. The van der Waals surface area contributed by atoms with E-state index >= 15 is 0 Å². The molecule has 1 unspecified atom stereocenters. The van der Waals surface area contributed by atoms with Crippen molar-refractivity contribution >= 4 is 5.91 Å². The lowest BCUT2D eigenvalue weighted by atomic mass is 10.2. The molecule has 1 aromatic carbocycles. The maximum atomic E-state index is 13.0. The number of carbonyl (C=O) groups excluding carboxylic acids is 1. The number of aryl methyl sites for hydroxylation is 1. The van der Waals surface area contributed by atoms with E-state index in [0.29, 0.717) is 12.2 Å². The predicted octanol–water partition coefficient (Wildman–Crippen LogP) is 1.67. The van der Waals surface area contributed by atoms with Crippen molar-refractivity contribution in [2.45, 2.75) is 32.8 Å². The van der Waals surface area contributed by atoms with Crippen LogP contribution in [0.2, 0.25) is 0 Å². The molecule has 1 amide bonds. The Morgan fingerprint density at radius 1 is 1.59 bits per heavy atom. The second-order valence-corrected chi connectivity index (χ2v) is 3.94. The number of rotatable bonds is 5. The van der Waals surface area contributed by atoms with Gasteiger partial charge in [-0.15, -0.1) is 0 Å². The van der Waals surface area contributed by atoms with Crippen LogP contribution in [0.3, 0.4) is 0 Å². The molecule has 0 aliphatic rings. The van der Waals surface area contributed by atoms with Crippen molar-refractivity contribution in [1.82, 2.24) is 5.43 Å². The highest BCUT2D eigenvalue weighted by Crippen LogP contribution is 2.21. The molecule has 1 atom stereocenters. The van der Waals surface area contributed by atoms with Crippen molar-refractivity contribution in [3.05, 3.63) is 29.6 Å². The van der Waals surface area contributed by atoms with Gasteiger partial charge in [-0.25, -0.2) is 10.2 Å². The molecule has 0 radical (unpaired) electrons. The zero-order valence-electron chi connectivity index (χ0n) is 10.00. The van der Waals surface area contributed by atoms with Crippen LogP contribution < -0.4 is 16.0 Å². The minimum Gasteiger partial charge on any atom is -0.490 e. The number of carbonyl (C=O) groups is 1. The van der Waals surface area contributed by atoms with Gasteiger partial charge in [0.15, 0.2) is 0 Å². The van der Waals surface area contributed by atoms with Crippen molar-refractivity contribution in [3.8, 4) is 5.75 Å². The number of amides is 1. The molecule has 0 fully saturated rings. The predicted molar refractivity (Wildman–Crippen MR) is 62.8 cm³/mol. The molecule has 0 aliphatic carbocycles. The van der Waals surface area contributed by atoms with Crippen LogP contribution in [0.1, 0.15) is 25.3 Å². The smallest absolute Gasteiger partial charge is 0.234 e. The molecule has 0 spiro atoms. The number of benzene rings is 1. The molecule has 4 nitrogen and oxygen atoms in total. The summed E-state index contributed by atoms with van der Waals surface area (Å²) in [5.74, 6) is 4.90. The van der Waals surface area contributed by atoms with Gasteiger partial charge in [0.1, 0.15) is 11.6 Å². The molecule has 0 aliphatic heterocycles. The van der Waals surface area contributed by atoms with E-state index in [1.54, 1.807) is 6.07 Å². The number of hydrazine groups is 1. The SMILES string of the molecule is Cc1ccc(F)cc1OC(C)CCC(=O)NN.